The van der Waals surface area contributed by atoms with E-state index in [1.807, 2.05) is 50.2 Å². The van der Waals surface area contributed by atoms with Gasteiger partial charge in [-0.1, -0.05) is 29.8 Å². The molecular formula is C18H19ClN2O2. The van der Waals surface area contributed by atoms with Crippen LogP contribution in [0.1, 0.15) is 15.9 Å². The molecule has 0 saturated carbocycles. The third-order valence-corrected chi connectivity index (χ3v) is 4.40. The van der Waals surface area contributed by atoms with Crippen LogP contribution in [0.2, 0.25) is 5.02 Å². The number of aromatic amines is 1. The second kappa shape index (κ2) is 6.22. The van der Waals surface area contributed by atoms with Crippen LogP contribution in [0.25, 0.3) is 21.8 Å². The first-order valence-corrected chi connectivity index (χ1v) is 7.88. The van der Waals surface area contributed by atoms with Crippen molar-refractivity contribution in [1.29, 1.82) is 0 Å². The van der Waals surface area contributed by atoms with Gasteiger partial charge < -0.3 is 14.6 Å². The Kier molecular flexibility index (Phi) is 4.28. The number of carbonyl (C=O) groups is 1. The molecule has 0 bridgehead atoms. The minimum absolute atomic E-state index is 0.312. The van der Waals surface area contributed by atoms with Gasteiger partial charge >= 0.3 is 5.97 Å². The summed E-state index contributed by atoms with van der Waals surface area (Å²) >= 11 is 6.20. The molecule has 1 heterocycles. The van der Waals surface area contributed by atoms with Crippen LogP contribution in [0.15, 0.2) is 30.3 Å². The van der Waals surface area contributed by atoms with Gasteiger partial charge in [-0.25, -0.2) is 4.79 Å². The number of H-pyrrole nitrogens is 1. The van der Waals surface area contributed by atoms with Crippen LogP contribution in [0.4, 0.5) is 0 Å². The fourth-order valence-corrected chi connectivity index (χ4v) is 2.83. The predicted octanol–water partition coefficient (Wildman–Crippen LogP) is 4.00. The van der Waals surface area contributed by atoms with Crippen LogP contribution >= 0.6 is 11.6 Å². The van der Waals surface area contributed by atoms with Crippen molar-refractivity contribution in [3.05, 3.63) is 46.5 Å². The van der Waals surface area contributed by atoms with E-state index in [0.29, 0.717) is 23.7 Å². The summed E-state index contributed by atoms with van der Waals surface area (Å²) in [5.41, 5.74) is 3.28. The maximum Gasteiger partial charge on any atom is 0.340 e. The average molecular weight is 331 g/mol. The summed E-state index contributed by atoms with van der Waals surface area (Å²) in [6, 6.07) is 9.52. The molecule has 0 spiro atoms. The Morgan fingerprint density at radius 3 is 2.65 bits per heavy atom. The Hall–Kier alpha value is -2.04. The van der Waals surface area contributed by atoms with Gasteiger partial charge in [-0.2, -0.15) is 0 Å². The highest BCUT2D eigenvalue weighted by Crippen LogP contribution is 2.32. The number of carbonyl (C=O) groups excluding carboxylic acids is 1. The Balaban J connectivity index is 2.05. The Morgan fingerprint density at radius 1 is 1.17 bits per heavy atom. The molecule has 0 amide bonds. The third kappa shape index (κ3) is 2.92. The SMILES string of the molecule is Cc1c(Cl)ccc2c1[nH]c1c(C(=O)OCCN(C)C)cccc12. The smallest absolute Gasteiger partial charge is 0.340 e. The van der Waals surface area contributed by atoms with Crippen molar-refractivity contribution in [2.24, 2.45) is 0 Å². The van der Waals surface area contributed by atoms with Crippen LogP contribution < -0.4 is 0 Å². The van der Waals surface area contributed by atoms with E-state index >= 15 is 0 Å². The average Bonchev–Trinajstić information content (AvgIpc) is 2.89. The number of para-hydroxylation sites is 1. The van der Waals surface area contributed by atoms with Crippen molar-refractivity contribution >= 4 is 39.4 Å². The second-order valence-corrected chi connectivity index (χ2v) is 6.29. The van der Waals surface area contributed by atoms with E-state index in [4.69, 9.17) is 16.3 Å². The molecule has 0 aliphatic carbocycles. The maximum absolute atomic E-state index is 12.4. The molecule has 1 N–H and O–H groups in total. The molecule has 5 heteroatoms. The largest absolute Gasteiger partial charge is 0.461 e. The van der Waals surface area contributed by atoms with E-state index in [1.165, 1.54) is 0 Å². The number of rotatable bonds is 4. The van der Waals surface area contributed by atoms with Gasteiger partial charge in [0, 0.05) is 22.3 Å². The van der Waals surface area contributed by atoms with Gasteiger partial charge in [0.25, 0.3) is 0 Å². The van der Waals surface area contributed by atoms with Gasteiger partial charge in [0.15, 0.2) is 0 Å². The Labute approximate surface area is 140 Å². The van der Waals surface area contributed by atoms with Gasteiger partial charge in [-0.3, -0.25) is 0 Å². The Bertz CT molecular complexity index is 883. The fraction of sp³-hybridized carbons (Fsp3) is 0.278. The molecule has 3 rings (SSSR count). The van der Waals surface area contributed by atoms with Crippen LogP contribution in [0, 0.1) is 6.92 Å². The molecular weight excluding hydrogens is 312 g/mol. The second-order valence-electron chi connectivity index (χ2n) is 5.89. The van der Waals surface area contributed by atoms with Crippen LogP contribution in [-0.4, -0.2) is 43.1 Å². The number of fused-ring (bicyclic) bond motifs is 3. The van der Waals surface area contributed by atoms with Gasteiger partial charge in [0.1, 0.15) is 6.61 Å². The van der Waals surface area contributed by atoms with E-state index in [0.717, 1.165) is 27.4 Å². The number of aromatic nitrogens is 1. The van der Waals surface area contributed by atoms with Crippen molar-refractivity contribution < 1.29 is 9.53 Å². The van der Waals surface area contributed by atoms with Crippen molar-refractivity contribution in [3.8, 4) is 0 Å². The summed E-state index contributed by atoms with van der Waals surface area (Å²) in [5, 5.41) is 2.77. The normalized spacial score (nSPS) is 11.5. The first-order chi connectivity index (χ1) is 11.0. The quantitative estimate of drug-likeness (QED) is 0.735. The molecule has 0 unspecified atom stereocenters. The summed E-state index contributed by atoms with van der Waals surface area (Å²) in [6.45, 7) is 3.03. The van der Waals surface area contributed by atoms with E-state index in [-0.39, 0.29) is 5.97 Å². The molecule has 0 fully saturated rings. The summed E-state index contributed by atoms with van der Waals surface area (Å²) in [5.74, 6) is -0.312. The van der Waals surface area contributed by atoms with Crippen molar-refractivity contribution in [1.82, 2.24) is 9.88 Å². The van der Waals surface area contributed by atoms with Crippen molar-refractivity contribution in [2.75, 3.05) is 27.2 Å². The lowest BCUT2D eigenvalue weighted by atomic mass is 10.1. The number of nitrogens with one attached hydrogen (secondary N) is 1. The minimum Gasteiger partial charge on any atom is -0.461 e. The highest BCUT2D eigenvalue weighted by molar-refractivity contribution is 6.32. The summed E-state index contributed by atoms with van der Waals surface area (Å²) in [7, 11) is 3.89. The first-order valence-electron chi connectivity index (χ1n) is 7.50. The van der Waals surface area contributed by atoms with Crippen molar-refractivity contribution in [3.63, 3.8) is 0 Å². The molecule has 120 valence electrons. The molecule has 4 nitrogen and oxygen atoms in total. The zero-order chi connectivity index (χ0) is 16.6. The zero-order valence-corrected chi connectivity index (χ0v) is 14.2. The van der Waals surface area contributed by atoms with Gasteiger partial charge in [0.2, 0.25) is 0 Å². The summed E-state index contributed by atoms with van der Waals surface area (Å²) in [4.78, 5) is 17.7. The lowest BCUT2D eigenvalue weighted by Crippen LogP contribution is -2.20. The molecule has 0 radical (unpaired) electrons. The lowest BCUT2D eigenvalue weighted by Gasteiger charge is -2.10. The van der Waals surface area contributed by atoms with Gasteiger partial charge in [0.05, 0.1) is 16.6 Å². The van der Waals surface area contributed by atoms with E-state index in [2.05, 4.69) is 4.98 Å². The maximum atomic E-state index is 12.4. The summed E-state index contributed by atoms with van der Waals surface area (Å²) in [6.07, 6.45) is 0. The molecule has 0 saturated heterocycles. The van der Waals surface area contributed by atoms with E-state index in [9.17, 15) is 4.79 Å². The van der Waals surface area contributed by atoms with Crippen LogP contribution in [0.5, 0.6) is 0 Å². The standard InChI is InChI=1S/C18H19ClN2O2/c1-11-15(19)8-7-13-12-5-4-6-14(17(12)20-16(11)13)18(22)23-10-9-21(2)3/h4-8,20H,9-10H2,1-3H3. The molecule has 0 aliphatic heterocycles. The van der Waals surface area contributed by atoms with Crippen LogP contribution in [-0.2, 0) is 4.74 Å². The van der Waals surface area contributed by atoms with E-state index in [1.54, 1.807) is 6.07 Å². The first kappa shape index (κ1) is 15.8. The number of hydrogen-bond donors (Lipinski definition) is 1. The number of ether oxygens (including phenoxy) is 1. The molecule has 23 heavy (non-hydrogen) atoms. The molecule has 3 aromatic rings. The lowest BCUT2D eigenvalue weighted by molar-refractivity contribution is 0.0484. The monoisotopic (exact) mass is 330 g/mol. The highest BCUT2D eigenvalue weighted by Gasteiger charge is 2.16. The third-order valence-electron chi connectivity index (χ3n) is 4.00. The van der Waals surface area contributed by atoms with Crippen LogP contribution in [0.3, 0.4) is 0 Å². The molecule has 2 aromatic carbocycles. The topological polar surface area (TPSA) is 45.3 Å². The van der Waals surface area contributed by atoms with E-state index < -0.39 is 0 Å². The van der Waals surface area contributed by atoms with Gasteiger partial charge in [-0.15, -0.1) is 0 Å². The molecule has 0 aliphatic rings. The number of nitrogens with zero attached hydrogens (tertiary/aromatic N) is 1. The number of aryl methyl sites for hydroxylation is 1. The fourth-order valence-electron chi connectivity index (χ4n) is 2.68. The number of halogens is 1. The molecule has 1 aromatic heterocycles. The predicted molar refractivity (Wildman–Crippen MR) is 94.4 cm³/mol. The summed E-state index contributed by atoms with van der Waals surface area (Å²) < 4.78 is 5.37. The number of likely N-dealkylation sites (N-methyl/N-ethyl adjacent to an activating group) is 1. The van der Waals surface area contributed by atoms with Crippen molar-refractivity contribution in [2.45, 2.75) is 6.92 Å². The number of benzene rings is 2. The Morgan fingerprint density at radius 2 is 1.91 bits per heavy atom. The molecule has 0 atom stereocenters. The zero-order valence-electron chi connectivity index (χ0n) is 13.4. The number of hydrogen-bond acceptors (Lipinski definition) is 3. The highest BCUT2D eigenvalue weighted by atomic mass is 35.5. The minimum atomic E-state index is -0.312. The van der Waals surface area contributed by atoms with Gasteiger partial charge in [-0.05, 0) is 38.7 Å². The number of esters is 1.